The first-order valence-corrected chi connectivity index (χ1v) is 7.07. The largest absolute Gasteiger partial charge is 0.464 e. The second kappa shape index (κ2) is 6.25. The third-order valence-corrected chi connectivity index (χ3v) is 3.53. The summed E-state index contributed by atoms with van der Waals surface area (Å²) in [5.41, 5.74) is 2.36. The first kappa shape index (κ1) is 14.8. The minimum Gasteiger partial charge on any atom is -0.464 e. The van der Waals surface area contributed by atoms with Crippen LogP contribution in [0.25, 0.3) is 11.0 Å². The predicted molar refractivity (Wildman–Crippen MR) is 82.4 cm³/mol. The SMILES string of the molecule is C=C(C)C[NH+](CC)Cc1coc2ccc(Cl)cc2c1=O. The molecule has 0 aliphatic heterocycles. The molecule has 106 valence electrons. The van der Waals surface area contributed by atoms with Gasteiger partial charge in [-0.3, -0.25) is 4.79 Å². The number of hydrogen-bond acceptors (Lipinski definition) is 2. The van der Waals surface area contributed by atoms with Crippen molar-refractivity contribution in [2.24, 2.45) is 0 Å². The summed E-state index contributed by atoms with van der Waals surface area (Å²) in [6.07, 6.45) is 1.56. The first-order valence-electron chi connectivity index (χ1n) is 6.69. The molecule has 0 saturated carbocycles. The summed E-state index contributed by atoms with van der Waals surface area (Å²) >= 11 is 5.95. The molecular formula is C16H19ClNO2+. The van der Waals surface area contributed by atoms with Crippen LogP contribution in [0.5, 0.6) is 0 Å². The number of quaternary nitrogens is 1. The van der Waals surface area contributed by atoms with Gasteiger partial charge in [0.15, 0.2) is 0 Å². The number of nitrogens with one attached hydrogen (secondary N) is 1. The van der Waals surface area contributed by atoms with Crippen LogP contribution >= 0.6 is 11.6 Å². The fraction of sp³-hybridized carbons (Fsp3) is 0.312. The molecule has 1 atom stereocenters. The molecule has 0 bridgehead atoms. The zero-order valence-corrected chi connectivity index (χ0v) is 12.6. The minimum atomic E-state index is 0.00131. The van der Waals surface area contributed by atoms with Crippen molar-refractivity contribution in [3.8, 4) is 0 Å². The van der Waals surface area contributed by atoms with E-state index >= 15 is 0 Å². The van der Waals surface area contributed by atoms with Gasteiger partial charge in [-0.05, 0) is 37.6 Å². The standard InChI is InChI=1S/C16H18ClNO2/c1-4-18(8-11(2)3)9-12-10-20-15-6-5-13(17)7-14(15)16(12)19/h5-7,10H,2,4,8-9H2,1,3H3/p+1. The molecule has 4 heteroatoms. The third-order valence-electron chi connectivity index (χ3n) is 3.30. The lowest BCUT2D eigenvalue weighted by atomic mass is 10.1. The maximum atomic E-state index is 12.5. The molecule has 3 nitrogen and oxygen atoms in total. The summed E-state index contributed by atoms with van der Waals surface area (Å²) in [6.45, 7) is 10.4. The van der Waals surface area contributed by atoms with Crippen molar-refractivity contribution in [3.05, 3.63) is 57.4 Å². The van der Waals surface area contributed by atoms with E-state index in [1.54, 1.807) is 24.5 Å². The molecule has 0 amide bonds. The smallest absolute Gasteiger partial charge is 0.201 e. The van der Waals surface area contributed by atoms with Gasteiger partial charge in [-0.1, -0.05) is 18.2 Å². The van der Waals surface area contributed by atoms with Gasteiger partial charge < -0.3 is 9.32 Å². The fourth-order valence-corrected chi connectivity index (χ4v) is 2.45. The van der Waals surface area contributed by atoms with Crippen molar-refractivity contribution in [3.63, 3.8) is 0 Å². The number of fused-ring (bicyclic) bond motifs is 1. The Labute approximate surface area is 123 Å². The van der Waals surface area contributed by atoms with Crippen LogP contribution in [0, 0.1) is 0 Å². The highest BCUT2D eigenvalue weighted by atomic mass is 35.5. The maximum Gasteiger partial charge on any atom is 0.201 e. The van der Waals surface area contributed by atoms with Crippen molar-refractivity contribution in [2.45, 2.75) is 20.4 Å². The van der Waals surface area contributed by atoms with E-state index in [9.17, 15) is 4.79 Å². The summed E-state index contributed by atoms with van der Waals surface area (Å²) < 4.78 is 5.53. The Balaban J connectivity index is 2.37. The zero-order chi connectivity index (χ0) is 14.7. The Morgan fingerprint density at radius 3 is 2.85 bits per heavy atom. The monoisotopic (exact) mass is 292 g/mol. The lowest BCUT2D eigenvalue weighted by Crippen LogP contribution is -3.10. The molecule has 0 spiro atoms. The summed E-state index contributed by atoms with van der Waals surface area (Å²) in [6, 6.07) is 5.11. The van der Waals surface area contributed by atoms with Gasteiger partial charge in [-0.25, -0.2) is 0 Å². The van der Waals surface area contributed by atoms with E-state index in [0.29, 0.717) is 28.1 Å². The Bertz CT molecular complexity index is 690. The molecule has 1 aromatic carbocycles. The lowest BCUT2D eigenvalue weighted by molar-refractivity contribution is -0.907. The van der Waals surface area contributed by atoms with E-state index in [1.165, 1.54) is 4.90 Å². The summed E-state index contributed by atoms with van der Waals surface area (Å²) in [5.74, 6) is 0. The van der Waals surface area contributed by atoms with Crippen molar-refractivity contribution in [1.29, 1.82) is 0 Å². The summed E-state index contributed by atoms with van der Waals surface area (Å²) in [5, 5.41) is 1.09. The van der Waals surface area contributed by atoms with Crippen LogP contribution in [0.2, 0.25) is 5.02 Å². The van der Waals surface area contributed by atoms with Gasteiger partial charge in [0.1, 0.15) is 18.4 Å². The van der Waals surface area contributed by atoms with Gasteiger partial charge in [0.05, 0.1) is 24.0 Å². The van der Waals surface area contributed by atoms with Gasteiger partial charge in [-0.15, -0.1) is 0 Å². The molecule has 1 unspecified atom stereocenters. The van der Waals surface area contributed by atoms with E-state index < -0.39 is 0 Å². The molecule has 0 aliphatic rings. The quantitative estimate of drug-likeness (QED) is 0.859. The topological polar surface area (TPSA) is 34.7 Å². The molecule has 2 rings (SSSR count). The highest BCUT2D eigenvalue weighted by molar-refractivity contribution is 6.31. The highest BCUT2D eigenvalue weighted by Crippen LogP contribution is 2.16. The van der Waals surface area contributed by atoms with Crippen molar-refractivity contribution < 1.29 is 9.32 Å². The van der Waals surface area contributed by atoms with Gasteiger partial charge in [0.25, 0.3) is 0 Å². The van der Waals surface area contributed by atoms with Gasteiger partial charge in [-0.2, -0.15) is 0 Å². The number of hydrogen-bond donors (Lipinski definition) is 1. The summed E-state index contributed by atoms with van der Waals surface area (Å²) in [7, 11) is 0. The third kappa shape index (κ3) is 3.30. The number of likely N-dealkylation sites (N-methyl/N-ethyl adjacent to an activating group) is 1. The second-order valence-electron chi connectivity index (χ2n) is 5.14. The molecule has 20 heavy (non-hydrogen) atoms. The fourth-order valence-electron chi connectivity index (χ4n) is 2.27. The molecule has 1 aromatic heterocycles. The van der Waals surface area contributed by atoms with Crippen LogP contribution in [0.4, 0.5) is 0 Å². The van der Waals surface area contributed by atoms with Crippen molar-refractivity contribution >= 4 is 22.6 Å². The molecule has 0 fully saturated rings. The van der Waals surface area contributed by atoms with Gasteiger partial charge in [0, 0.05) is 5.02 Å². The average Bonchev–Trinajstić information content (AvgIpc) is 2.41. The zero-order valence-electron chi connectivity index (χ0n) is 11.8. The van der Waals surface area contributed by atoms with Crippen LogP contribution in [-0.2, 0) is 6.54 Å². The van der Waals surface area contributed by atoms with E-state index in [0.717, 1.165) is 18.7 Å². The van der Waals surface area contributed by atoms with Crippen molar-refractivity contribution in [2.75, 3.05) is 13.1 Å². The Morgan fingerprint density at radius 2 is 2.20 bits per heavy atom. The van der Waals surface area contributed by atoms with E-state index in [4.69, 9.17) is 16.0 Å². The van der Waals surface area contributed by atoms with E-state index in [2.05, 4.69) is 13.5 Å². The first-order chi connectivity index (χ1) is 9.51. The van der Waals surface area contributed by atoms with Crippen LogP contribution in [0.3, 0.4) is 0 Å². The molecule has 2 aromatic rings. The normalized spacial score (nSPS) is 12.6. The predicted octanol–water partition coefficient (Wildman–Crippen LogP) is 2.43. The van der Waals surface area contributed by atoms with E-state index in [-0.39, 0.29) is 5.43 Å². The Hall–Kier alpha value is -1.58. The minimum absolute atomic E-state index is 0.00131. The molecular weight excluding hydrogens is 274 g/mol. The molecule has 0 saturated heterocycles. The highest BCUT2D eigenvalue weighted by Gasteiger charge is 2.13. The van der Waals surface area contributed by atoms with Crippen molar-refractivity contribution in [1.82, 2.24) is 0 Å². The number of halogens is 1. The van der Waals surface area contributed by atoms with Crippen LogP contribution in [0.1, 0.15) is 19.4 Å². The van der Waals surface area contributed by atoms with Crippen LogP contribution in [0.15, 0.2) is 45.8 Å². The molecule has 1 heterocycles. The van der Waals surface area contributed by atoms with Crippen LogP contribution in [-0.4, -0.2) is 13.1 Å². The maximum absolute atomic E-state index is 12.5. The molecule has 1 N–H and O–H groups in total. The Kier molecular flexibility index (Phi) is 4.63. The van der Waals surface area contributed by atoms with E-state index in [1.807, 2.05) is 6.92 Å². The average molecular weight is 293 g/mol. The number of benzene rings is 1. The molecule has 0 aliphatic carbocycles. The van der Waals surface area contributed by atoms with Gasteiger partial charge in [0.2, 0.25) is 5.43 Å². The number of rotatable bonds is 5. The van der Waals surface area contributed by atoms with Crippen LogP contribution < -0.4 is 10.3 Å². The lowest BCUT2D eigenvalue weighted by Gasteiger charge is -2.17. The summed E-state index contributed by atoms with van der Waals surface area (Å²) in [4.78, 5) is 13.7. The van der Waals surface area contributed by atoms with Gasteiger partial charge >= 0.3 is 0 Å². The molecule has 0 radical (unpaired) electrons. The second-order valence-corrected chi connectivity index (χ2v) is 5.58. The Morgan fingerprint density at radius 1 is 1.45 bits per heavy atom.